The molecule has 1 amide bonds. The third-order valence-electron chi connectivity index (χ3n) is 3.91. The molecule has 0 bridgehead atoms. The highest BCUT2D eigenvalue weighted by Crippen LogP contribution is 2.19. The van der Waals surface area contributed by atoms with E-state index in [4.69, 9.17) is 4.74 Å². The predicted octanol–water partition coefficient (Wildman–Crippen LogP) is 2.86. The lowest BCUT2D eigenvalue weighted by Crippen LogP contribution is -2.30. The summed E-state index contributed by atoms with van der Waals surface area (Å²) in [5, 5.41) is 7.15. The number of nitrogens with one attached hydrogen (secondary N) is 1. The Morgan fingerprint density at radius 1 is 1.19 bits per heavy atom. The van der Waals surface area contributed by atoms with Crippen LogP contribution in [0.1, 0.15) is 17.2 Å². The molecule has 1 atom stereocenters. The smallest absolute Gasteiger partial charge is 0.244 e. The molecule has 3 rings (SSSR count). The van der Waals surface area contributed by atoms with Gasteiger partial charge in [-0.3, -0.25) is 9.48 Å². The van der Waals surface area contributed by atoms with Crippen molar-refractivity contribution in [1.82, 2.24) is 20.1 Å². The van der Waals surface area contributed by atoms with E-state index in [0.717, 1.165) is 16.9 Å². The zero-order chi connectivity index (χ0) is 18.2. The predicted molar refractivity (Wildman–Crippen MR) is 99.4 cm³/mol. The van der Waals surface area contributed by atoms with Crippen molar-refractivity contribution in [1.29, 1.82) is 0 Å². The Morgan fingerprint density at radius 3 is 2.69 bits per heavy atom. The Balaban J connectivity index is 1.73. The van der Waals surface area contributed by atoms with Crippen LogP contribution in [-0.2, 0) is 11.3 Å². The van der Waals surface area contributed by atoms with E-state index in [1.54, 1.807) is 24.2 Å². The molecule has 1 heterocycles. The van der Waals surface area contributed by atoms with Gasteiger partial charge < -0.3 is 10.1 Å². The molecule has 0 aliphatic heterocycles. The van der Waals surface area contributed by atoms with E-state index in [1.165, 1.54) is 12.4 Å². The summed E-state index contributed by atoms with van der Waals surface area (Å²) >= 11 is 0. The molecule has 2 aromatic carbocycles. The van der Waals surface area contributed by atoms with Gasteiger partial charge in [0.1, 0.15) is 18.4 Å². The summed E-state index contributed by atoms with van der Waals surface area (Å²) in [4.78, 5) is 16.4. The molecule has 1 N–H and O–H groups in total. The van der Waals surface area contributed by atoms with Gasteiger partial charge in [0.2, 0.25) is 5.91 Å². The molecule has 1 aromatic heterocycles. The van der Waals surface area contributed by atoms with Crippen molar-refractivity contribution in [3.63, 3.8) is 0 Å². The molecule has 0 aliphatic rings. The number of hydrogen-bond donors (Lipinski definition) is 1. The Hall–Kier alpha value is -3.41. The second kappa shape index (κ2) is 8.62. The second-order valence-corrected chi connectivity index (χ2v) is 5.66. The zero-order valence-electron chi connectivity index (χ0n) is 14.4. The zero-order valence-corrected chi connectivity index (χ0v) is 14.4. The molecule has 6 nitrogen and oxygen atoms in total. The minimum absolute atomic E-state index is 0.190. The van der Waals surface area contributed by atoms with Crippen LogP contribution in [0.2, 0.25) is 0 Å². The van der Waals surface area contributed by atoms with Crippen molar-refractivity contribution in [2.24, 2.45) is 0 Å². The van der Waals surface area contributed by atoms with Crippen LogP contribution < -0.4 is 10.1 Å². The maximum absolute atomic E-state index is 12.4. The highest BCUT2D eigenvalue weighted by Gasteiger charge is 2.14. The maximum atomic E-state index is 12.4. The number of methoxy groups -OCH3 is 1. The van der Waals surface area contributed by atoms with Crippen LogP contribution in [0.3, 0.4) is 0 Å². The van der Waals surface area contributed by atoms with Crippen molar-refractivity contribution >= 4 is 12.0 Å². The summed E-state index contributed by atoms with van der Waals surface area (Å²) in [5.41, 5.74) is 1.85. The number of hydrogen-bond acceptors (Lipinski definition) is 4. The number of nitrogens with zero attached hydrogens (tertiary/aromatic N) is 3. The third-order valence-corrected chi connectivity index (χ3v) is 3.91. The van der Waals surface area contributed by atoms with Gasteiger partial charge in [0.25, 0.3) is 0 Å². The van der Waals surface area contributed by atoms with Gasteiger partial charge in [-0.1, -0.05) is 48.5 Å². The van der Waals surface area contributed by atoms with E-state index in [-0.39, 0.29) is 11.9 Å². The van der Waals surface area contributed by atoms with Gasteiger partial charge in [-0.15, -0.1) is 0 Å². The average Bonchev–Trinajstić information content (AvgIpc) is 3.20. The van der Waals surface area contributed by atoms with Gasteiger partial charge >= 0.3 is 0 Å². The van der Waals surface area contributed by atoms with Crippen molar-refractivity contribution < 1.29 is 9.53 Å². The summed E-state index contributed by atoms with van der Waals surface area (Å²) in [6.45, 7) is 0.498. The van der Waals surface area contributed by atoms with Gasteiger partial charge in [-0.25, -0.2) is 4.98 Å². The summed E-state index contributed by atoms with van der Waals surface area (Å²) < 4.78 is 6.99. The van der Waals surface area contributed by atoms with Crippen molar-refractivity contribution in [2.75, 3.05) is 7.11 Å². The molecule has 0 aliphatic carbocycles. The maximum Gasteiger partial charge on any atom is 0.244 e. The Labute approximate surface area is 152 Å². The Bertz CT molecular complexity index is 861. The average molecular weight is 348 g/mol. The van der Waals surface area contributed by atoms with Crippen molar-refractivity contribution in [3.05, 3.63) is 84.5 Å². The number of carbonyl (C=O) groups is 1. The van der Waals surface area contributed by atoms with E-state index >= 15 is 0 Å². The Morgan fingerprint density at radius 2 is 1.96 bits per heavy atom. The fourth-order valence-electron chi connectivity index (χ4n) is 2.62. The molecule has 0 saturated carbocycles. The number of amides is 1. The van der Waals surface area contributed by atoms with Gasteiger partial charge in [0.05, 0.1) is 19.7 Å². The second-order valence-electron chi connectivity index (χ2n) is 5.66. The van der Waals surface area contributed by atoms with Crippen LogP contribution in [0, 0.1) is 0 Å². The molecular formula is C20H20N4O2. The summed E-state index contributed by atoms with van der Waals surface area (Å²) in [6, 6.07) is 17.1. The molecule has 0 radical (unpaired) electrons. The van der Waals surface area contributed by atoms with Crippen LogP contribution in [0.25, 0.3) is 6.08 Å². The largest absolute Gasteiger partial charge is 0.496 e. The minimum Gasteiger partial charge on any atom is -0.496 e. The summed E-state index contributed by atoms with van der Waals surface area (Å²) in [6.07, 6.45) is 6.36. The summed E-state index contributed by atoms with van der Waals surface area (Å²) in [7, 11) is 1.61. The van der Waals surface area contributed by atoms with Gasteiger partial charge in [-0.05, 0) is 17.7 Å². The molecule has 0 fully saturated rings. The van der Waals surface area contributed by atoms with E-state index in [2.05, 4.69) is 15.4 Å². The van der Waals surface area contributed by atoms with Crippen LogP contribution in [0.4, 0.5) is 0 Å². The number of para-hydroxylation sites is 1. The molecular weight excluding hydrogens is 328 g/mol. The van der Waals surface area contributed by atoms with E-state index < -0.39 is 0 Å². The number of rotatable bonds is 7. The number of aromatic nitrogens is 3. The van der Waals surface area contributed by atoms with Crippen LogP contribution in [-0.4, -0.2) is 27.8 Å². The quantitative estimate of drug-likeness (QED) is 0.667. The number of carbonyl (C=O) groups excluding carboxylic acids is 1. The monoisotopic (exact) mass is 348 g/mol. The number of benzene rings is 2. The first kappa shape index (κ1) is 17.4. The molecule has 0 saturated heterocycles. The standard InChI is InChI=1S/C20H20N4O2/c1-26-19-10-6-5-9-17(19)11-12-20(25)23-18(13-24-15-21-14-22-24)16-7-3-2-4-8-16/h2-12,14-15,18H,13H2,1H3,(H,23,25). The molecule has 26 heavy (non-hydrogen) atoms. The van der Waals surface area contributed by atoms with Gasteiger partial charge in [0, 0.05) is 11.6 Å². The SMILES string of the molecule is COc1ccccc1C=CC(=O)NC(Cn1cncn1)c1ccccc1. The van der Waals surface area contributed by atoms with Crippen LogP contribution >= 0.6 is 0 Å². The van der Waals surface area contributed by atoms with E-state index in [1.807, 2.05) is 54.6 Å². The van der Waals surface area contributed by atoms with Crippen molar-refractivity contribution in [2.45, 2.75) is 12.6 Å². The fourth-order valence-corrected chi connectivity index (χ4v) is 2.62. The minimum atomic E-state index is -0.215. The first-order valence-corrected chi connectivity index (χ1v) is 8.25. The van der Waals surface area contributed by atoms with Gasteiger partial charge in [-0.2, -0.15) is 5.10 Å². The topological polar surface area (TPSA) is 69.0 Å². The fraction of sp³-hybridized carbons (Fsp3) is 0.150. The Kier molecular flexibility index (Phi) is 5.77. The van der Waals surface area contributed by atoms with Crippen LogP contribution in [0.15, 0.2) is 73.3 Å². The number of ether oxygens (including phenoxy) is 1. The van der Waals surface area contributed by atoms with Crippen molar-refractivity contribution in [3.8, 4) is 5.75 Å². The molecule has 6 heteroatoms. The van der Waals surface area contributed by atoms with E-state index in [0.29, 0.717) is 6.54 Å². The molecule has 132 valence electrons. The normalized spacial score (nSPS) is 12.0. The highest BCUT2D eigenvalue weighted by atomic mass is 16.5. The van der Waals surface area contributed by atoms with E-state index in [9.17, 15) is 4.79 Å². The molecule has 1 unspecified atom stereocenters. The van der Waals surface area contributed by atoms with Gasteiger partial charge in [0.15, 0.2) is 0 Å². The summed E-state index contributed by atoms with van der Waals surface area (Å²) in [5.74, 6) is 0.531. The first-order valence-electron chi connectivity index (χ1n) is 8.25. The molecule has 3 aromatic rings. The lowest BCUT2D eigenvalue weighted by molar-refractivity contribution is -0.117. The highest BCUT2D eigenvalue weighted by molar-refractivity contribution is 5.92. The molecule has 0 spiro atoms. The lowest BCUT2D eigenvalue weighted by Gasteiger charge is -2.18. The third kappa shape index (κ3) is 4.57. The lowest BCUT2D eigenvalue weighted by atomic mass is 10.1. The first-order chi connectivity index (χ1) is 12.8. The van der Waals surface area contributed by atoms with Crippen LogP contribution in [0.5, 0.6) is 5.75 Å².